The monoisotopic (exact) mass is 295 g/mol. The van der Waals surface area contributed by atoms with Crippen LogP contribution in [0.25, 0.3) is 0 Å². The average Bonchev–Trinajstić information content (AvgIpc) is 2.86. The van der Waals surface area contributed by atoms with Gasteiger partial charge in [0.2, 0.25) is 0 Å². The molecular formula is C16H19ClFNO. The second-order valence-corrected chi connectivity index (χ2v) is 5.32. The first-order chi connectivity index (χ1) is 9.61. The highest BCUT2D eigenvalue weighted by Gasteiger charge is 2.17. The van der Waals surface area contributed by atoms with Crippen LogP contribution in [0, 0.1) is 12.7 Å². The van der Waals surface area contributed by atoms with Crippen LogP contribution in [-0.4, -0.2) is 6.54 Å². The molecule has 0 aliphatic carbocycles. The Labute approximate surface area is 123 Å². The molecule has 0 fully saturated rings. The van der Waals surface area contributed by atoms with E-state index in [4.69, 9.17) is 16.0 Å². The Morgan fingerprint density at radius 3 is 2.85 bits per heavy atom. The number of aryl methyl sites for hydroxylation is 1. The quantitative estimate of drug-likeness (QED) is 0.838. The summed E-state index contributed by atoms with van der Waals surface area (Å²) in [5.74, 6) is 0.521. The predicted molar refractivity (Wildman–Crippen MR) is 79.6 cm³/mol. The van der Waals surface area contributed by atoms with Crippen LogP contribution in [0.2, 0.25) is 5.02 Å². The number of furan rings is 1. The van der Waals surface area contributed by atoms with Crippen molar-refractivity contribution in [2.75, 3.05) is 6.54 Å². The molecule has 1 unspecified atom stereocenters. The number of hydrogen-bond donors (Lipinski definition) is 1. The zero-order valence-electron chi connectivity index (χ0n) is 11.7. The molecule has 1 aromatic heterocycles. The van der Waals surface area contributed by atoms with Gasteiger partial charge in [-0.05, 0) is 44.0 Å². The number of halogens is 2. The molecule has 1 atom stereocenters. The number of rotatable bonds is 6. The van der Waals surface area contributed by atoms with Gasteiger partial charge in [-0.2, -0.15) is 0 Å². The smallest absolute Gasteiger partial charge is 0.145 e. The molecule has 0 saturated carbocycles. The van der Waals surface area contributed by atoms with Crippen LogP contribution in [0.1, 0.15) is 36.3 Å². The molecule has 2 nitrogen and oxygen atoms in total. The Kier molecular flexibility index (Phi) is 5.21. The zero-order chi connectivity index (χ0) is 14.5. The molecular weight excluding hydrogens is 277 g/mol. The summed E-state index contributed by atoms with van der Waals surface area (Å²) in [7, 11) is 0. The number of benzene rings is 1. The highest BCUT2D eigenvalue weighted by atomic mass is 35.5. The number of nitrogens with one attached hydrogen (secondary N) is 1. The topological polar surface area (TPSA) is 25.2 Å². The van der Waals surface area contributed by atoms with Gasteiger partial charge < -0.3 is 9.73 Å². The van der Waals surface area contributed by atoms with E-state index in [9.17, 15) is 4.39 Å². The molecule has 4 heteroatoms. The van der Waals surface area contributed by atoms with Crippen molar-refractivity contribution < 1.29 is 8.81 Å². The summed E-state index contributed by atoms with van der Waals surface area (Å²) in [6.07, 6.45) is 3.29. The normalized spacial score (nSPS) is 12.6. The first kappa shape index (κ1) is 15.1. The highest BCUT2D eigenvalue weighted by molar-refractivity contribution is 6.30. The molecule has 108 valence electrons. The van der Waals surface area contributed by atoms with Gasteiger partial charge in [-0.25, -0.2) is 4.39 Å². The summed E-state index contributed by atoms with van der Waals surface area (Å²) in [5.41, 5.74) is 1.65. The van der Waals surface area contributed by atoms with Gasteiger partial charge in [-0.1, -0.05) is 30.7 Å². The molecule has 1 aromatic carbocycles. The van der Waals surface area contributed by atoms with E-state index in [0.29, 0.717) is 12.0 Å². The van der Waals surface area contributed by atoms with E-state index in [1.807, 2.05) is 13.0 Å². The Balaban J connectivity index is 2.21. The van der Waals surface area contributed by atoms with Gasteiger partial charge in [0.1, 0.15) is 11.6 Å². The van der Waals surface area contributed by atoms with Gasteiger partial charge in [-0.3, -0.25) is 0 Å². The Morgan fingerprint density at radius 1 is 1.40 bits per heavy atom. The van der Waals surface area contributed by atoms with Crippen molar-refractivity contribution in [2.24, 2.45) is 0 Å². The van der Waals surface area contributed by atoms with Crippen LogP contribution in [0.15, 0.2) is 34.9 Å². The van der Waals surface area contributed by atoms with Crippen LogP contribution in [-0.2, 0) is 6.42 Å². The summed E-state index contributed by atoms with van der Waals surface area (Å²) in [5, 5.41) is 3.59. The van der Waals surface area contributed by atoms with E-state index in [-0.39, 0.29) is 16.9 Å². The molecule has 0 bridgehead atoms. The van der Waals surface area contributed by atoms with E-state index in [0.717, 1.165) is 24.3 Å². The maximum absolute atomic E-state index is 14.0. The third kappa shape index (κ3) is 3.62. The van der Waals surface area contributed by atoms with Gasteiger partial charge in [0.05, 0.1) is 11.3 Å². The van der Waals surface area contributed by atoms with E-state index >= 15 is 0 Å². The van der Waals surface area contributed by atoms with Crippen molar-refractivity contribution in [1.29, 1.82) is 0 Å². The van der Waals surface area contributed by atoms with Gasteiger partial charge in [0.25, 0.3) is 0 Å². The summed E-state index contributed by atoms with van der Waals surface area (Å²) in [6, 6.07) is 7.13. The van der Waals surface area contributed by atoms with Crippen LogP contribution in [0.4, 0.5) is 4.39 Å². The lowest BCUT2D eigenvalue weighted by Gasteiger charge is -2.17. The molecule has 20 heavy (non-hydrogen) atoms. The maximum Gasteiger partial charge on any atom is 0.145 e. The molecule has 0 spiro atoms. The fraction of sp³-hybridized carbons (Fsp3) is 0.375. The van der Waals surface area contributed by atoms with Gasteiger partial charge >= 0.3 is 0 Å². The lowest BCUT2D eigenvalue weighted by molar-refractivity contribution is 0.495. The molecule has 1 N–H and O–H groups in total. The summed E-state index contributed by atoms with van der Waals surface area (Å²) in [4.78, 5) is 0. The molecule has 2 rings (SSSR count). The summed E-state index contributed by atoms with van der Waals surface area (Å²) < 4.78 is 19.4. The zero-order valence-corrected chi connectivity index (χ0v) is 12.5. The second kappa shape index (κ2) is 6.91. The van der Waals surface area contributed by atoms with E-state index < -0.39 is 0 Å². The molecule has 0 aliphatic rings. The van der Waals surface area contributed by atoms with Crippen molar-refractivity contribution in [3.05, 3.63) is 58.3 Å². The van der Waals surface area contributed by atoms with Crippen LogP contribution in [0.5, 0.6) is 0 Å². The largest absolute Gasteiger partial charge is 0.469 e. The van der Waals surface area contributed by atoms with Crippen molar-refractivity contribution >= 4 is 11.6 Å². The highest BCUT2D eigenvalue weighted by Crippen LogP contribution is 2.25. The Bertz CT molecular complexity index is 567. The van der Waals surface area contributed by atoms with Crippen molar-refractivity contribution in [2.45, 2.75) is 32.7 Å². The summed E-state index contributed by atoms with van der Waals surface area (Å²) >= 11 is 5.84. The van der Waals surface area contributed by atoms with Crippen LogP contribution in [0.3, 0.4) is 0 Å². The fourth-order valence-corrected chi connectivity index (χ4v) is 2.39. The minimum absolute atomic E-state index is 0.0281. The minimum atomic E-state index is -0.335. The van der Waals surface area contributed by atoms with Crippen molar-refractivity contribution in [3.8, 4) is 0 Å². The second-order valence-electron chi connectivity index (χ2n) is 4.91. The Hall–Kier alpha value is -1.32. The lowest BCUT2D eigenvalue weighted by atomic mass is 10.00. The molecule has 2 aromatic rings. The van der Waals surface area contributed by atoms with Crippen LogP contribution < -0.4 is 5.32 Å². The third-order valence-electron chi connectivity index (χ3n) is 3.25. The van der Waals surface area contributed by atoms with Crippen molar-refractivity contribution in [3.63, 3.8) is 0 Å². The predicted octanol–water partition coefficient (Wildman–Crippen LogP) is 4.66. The first-order valence-electron chi connectivity index (χ1n) is 6.83. The lowest BCUT2D eigenvalue weighted by Crippen LogP contribution is -2.24. The van der Waals surface area contributed by atoms with E-state index in [1.165, 1.54) is 0 Å². The van der Waals surface area contributed by atoms with E-state index in [2.05, 4.69) is 12.2 Å². The molecule has 0 amide bonds. The number of hydrogen-bond acceptors (Lipinski definition) is 2. The standard InChI is InChI=1S/C16H19ClFNO/c1-3-7-19-15(13-8-11(2)20-10-13)9-12-5-4-6-14(17)16(12)18/h4-6,8,10,15,19H,3,7,9H2,1-2H3. The Morgan fingerprint density at radius 2 is 2.20 bits per heavy atom. The van der Waals surface area contributed by atoms with Crippen molar-refractivity contribution in [1.82, 2.24) is 5.32 Å². The van der Waals surface area contributed by atoms with Gasteiger partial charge in [0, 0.05) is 11.6 Å². The van der Waals surface area contributed by atoms with E-state index in [1.54, 1.807) is 24.5 Å². The van der Waals surface area contributed by atoms with Crippen LogP contribution >= 0.6 is 11.6 Å². The van der Waals surface area contributed by atoms with Gasteiger partial charge in [0.15, 0.2) is 0 Å². The average molecular weight is 296 g/mol. The van der Waals surface area contributed by atoms with Gasteiger partial charge in [-0.15, -0.1) is 0 Å². The first-order valence-corrected chi connectivity index (χ1v) is 7.21. The maximum atomic E-state index is 14.0. The molecule has 0 aliphatic heterocycles. The fourth-order valence-electron chi connectivity index (χ4n) is 2.20. The molecule has 0 radical (unpaired) electrons. The summed E-state index contributed by atoms with van der Waals surface area (Å²) in [6.45, 7) is 4.88. The molecule has 0 saturated heterocycles. The SMILES string of the molecule is CCCNC(Cc1cccc(Cl)c1F)c1coc(C)c1. The molecule has 1 heterocycles. The minimum Gasteiger partial charge on any atom is -0.469 e. The third-order valence-corrected chi connectivity index (χ3v) is 3.54.